The summed E-state index contributed by atoms with van der Waals surface area (Å²) in [7, 11) is 2.08. The molecule has 0 saturated heterocycles. The average molecular weight is 195 g/mol. The Bertz CT molecular complexity index is 193. The minimum absolute atomic E-state index is 0.790. The zero-order valence-corrected chi connectivity index (χ0v) is 10.0. The highest BCUT2D eigenvalue weighted by Gasteiger charge is 2.14. The first-order valence-electron chi connectivity index (χ1n) is 6.17. The van der Waals surface area contributed by atoms with Crippen molar-refractivity contribution in [1.29, 1.82) is 0 Å². The first-order valence-corrected chi connectivity index (χ1v) is 6.17. The summed E-state index contributed by atoms with van der Waals surface area (Å²) in [4.78, 5) is 0. The molecule has 0 fully saturated rings. The third-order valence-corrected chi connectivity index (χ3v) is 3.48. The van der Waals surface area contributed by atoms with Crippen molar-refractivity contribution in [2.45, 2.75) is 58.8 Å². The summed E-state index contributed by atoms with van der Waals surface area (Å²) in [6.07, 6.45) is 9.61. The Morgan fingerprint density at radius 3 is 2.57 bits per heavy atom. The van der Waals surface area contributed by atoms with Crippen LogP contribution in [0.15, 0.2) is 11.3 Å². The highest BCUT2D eigenvalue weighted by Crippen LogP contribution is 2.27. The van der Waals surface area contributed by atoms with Crippen molar-refractivity contribution < 1.29 is 0 Å². The fraction of sp³-hybridized carbons (Fsp3) is 0.846. The molecule has 1 unspecified atom stereocenters. The maximum atomic E-state index is 3.43. The second kappa shape index (κ2) is 6.10. The van der Waals surface area contributed by atoms with Crippen LogP contribution >= 0.6 is 0 Å². The van der Waals surface area contributed by atoms with Crippen LogP contribution in [0.1, 0.15) is 58.8 Å². The normalized spacial score (nSPS) is 30.4. The van der Waals surface area contributed by atoms with Crippen LogP contribution < -0.4 is 5.32 Å². The van der Waals surface area contributed by atoms with Crippen molar-refractivity contribution in [1.82, 2.24) is 5.32 Å². The van der Waals surface area contributed by atoms with Gasteiger partial charge in [0.25, 0.3) is 0 Å². The predicted octanol–water partition coefficient (Wildman–Crippen LogP) is 3.86. The molecule has 0 heterocycles. The van der Waals surface area contributed by atoms with Gasteiger partial charge in [0.2, 0.25) is 0 Å². The van der Waals surface area contributed by atoms with Crippen molar-refractivity contribution in [2.75, 3.05) is 7.05 Å². The summed E-state index contributed by atoms with van der Waals surface area (Å²) in [5, 5.41) is 3.43. The zero-order chi connectivity index (χ0) is 10.4. The van der Waals surface area contributed by atoms with E-state index in [9.17, 15) is 0 Å². The van der Waals surface area contributed by atoms with E-state index < -0.39 is 0 Å². The van der Waals surface area contributed by atoms with Gasteiger partial charge in [-0.05, 0) is 38.5 Å². The number of rotatable bonds is 2. The van der Waals surface area contributed by atoms with Crippen molar-refractivity contribution in [3.05, 3.63) is 11.3 Å². The first kappa shape index (κ1) is 11.6. The van der Waals surface area contributed by atoms with Crippen LogP contribution in [0.5, 0.6) is 0 Å². The number of hydrogen-bond acceptors (Lipinski definition) is 1. The van der Waals surface area contributed by atoms with E-state index >= 15 is 0 Å². The van der Waals surface area contributed by atoms with Gasteiger partial charge in [0.1, 0.15) is 0 Å². The van der Waals surface area contributed by atoms with Gasteiger partial charge < -0.3 is 5.32 Å². The quantitative estimate of drug-likeness (QED) is 0.705. The molecule has 1 aliphatic carbocycles. The largest absolute Gasteiger partial charge is 0.391 e. The molecule has 1 rings (SSSR count). The lowest BCUT2D eigenvalue weighted by Crippen LogP contribution is -2.17. The van der Waals surface area contributed by atoms with E-state index in [0.717, 1.165) is 5.92 Å². The molecule has 1 nitrogen and oxygen atoms in total. The Kier molecular flexibility index (Phi) is 5.06. The molecule has 14 heavy (non-hydrogen) atoms. The standard InChI is InChI=1S/C13H25N/c1-4-12-10-8-6-5-7-9-11(2)13(12)14-3/h12,14H,4-10H2,1-3H3/b13-11-. The van der Waals surface area contributed by atoms with Crippen LogP contribution in [-0.2, 0) is 0 Å². The molecule has 0 amide bonds. The van der Waals surface area contributed by atoms with E-state index in [-0.39, 0.29) is 0 Å². The highest BCUT2D eigenvalue weighted by atomic mass is 14.8. The molecule has 0 aromatic heterocycles. The second-order valence-electron chi connectivity index (χ2n) is 4.50. The fourth-order valence-corrected chi connectivity index (χ4v) is 2.59. The van der Waals surface area contributed by atoms with E-state index in [1.165, 1.54) is 50.6 Å². The molecular weight excluding hydrogens is 170 g/mol. The van der Waals surface area contributed by atoms with E-state index in [0.29, 0.717) is 0 Å². The van der Waals surface area contributed by atoms with Gasteiger partial charge in [-0.15, -0.1) is 0 Å². The highest BCUT2D eigenvalue weighted by molar-refractivity contribution is 5.13. The minimum Gasteiger partial charge on any atom is -0.391 e. The summed E-state index contributed by atoms with van der Waals surface area (Å²) < 4.78 is 0. The van der Waals surface area contributed by atoms with E-state index in [2.05, 4.69) is 26.2 Å². The van der Waals surface area contributed by atoms with Crippen LogP contribution in [0.4, 0.5) is 0 Å². The molecule has 1 aliphatic rings. The molecule has 0 aromatic rings. The smallest absolute Gasteiger partial charge is 0.0124 e. The van der Waals surface area contributed by atoms with E-state index in [4.69, 9.17) is 0 Å². The third kappa shape index (κ3) is 3.04. The monoisotopic (exact) mass is 195 g/mol. The van der Waals surface area contributed by atoms with Gasteiger partial charge in [0.05, 0.1) is 0 Å². The second-order valence-corrected chi connectivity index (χ2v) is 4.50. The number of allylic oxidation sites excluding steroid dienone is 2. The van der Waals surface area contributed by atoms with Crippen molar-refractivity contribution in [2.24, 2.45) is 5.92 Å². The van der Waals surface area contributed by atoms with Crippen LogP contribution in [0, 0.1) is 5.92 Å². The molecule has 82 valence electrons. The van der Waals surface area contributed by atoms with Crippen LogP contribution in [0.2, 0.25) is 0 Å². The predicted molar refractivity (Wildman–Crippen MR) is 63.2 cm³/mol. The first-order chi connectivity index (χ1) is 6.79. The molecule has 1 N–H and O–H groups in total. The van der Waals surface area contributed by atoms with Crippen LogP contribution in [0.3, 0.4) is 0 Å². The SMILES string of the molecule is CCC1CCCCCC/C(C)=C/1NC. The molecule has 0 aliphatic heterocycles. The molecule has 0 spiro atoms. The fourth-order valence-electron chi connectivity index (χ4n) is 2.59. The van der Waals surface area contributed by atoms with Crippen molar-refractivity contribution >= 4 is 0 Å². The van der Waals surface area contributed by atoms with Crippen LogP contribution in [-0.4, -0.2) is 7.05 Å². The summed E-state index contributed by atoms with van der Waals surface area (Å²) in [6, 6.07) is 0. The lowest BCUT2D eigenvalue weighted by molar-refractivity contribution is 0.483. The van der Waals surface area contributed by atoms with Gasteiger partial charge in [-0.25, -0.2) is 0 Å². The molecule has 1 atom stereocenters. The Morgan fingerprint density at radius 2 is 1.93 bits per heavy atom. The topological polar surface area (TPSA) is 12.0 Å². The molecule has 0 saturated carbocycles. The van der Waals surface area contributed by atoms with Crippen molar-refractivity contribution in [3.8, 4) is 0 Å². The molecular formula is C13H25N. The van der Waals surface area contributed by atoms with Gasteiger partial charge in [-0.2, -0.15) is 0 Å². The Hall–Kier alpha value is -0.460. The summed E-state index contributed by atoms with van der Waals surface area (Å²) >= 11 is 0. The maximum Gasteiger partial charge on any atom is 0.0124 e. The Morgan fingerprint density at radius 1 is 1.21 bits per heavy atom. The molecule has 0 radical (unpaired) electrons. The number of nitrogens with one attached hydrogen (secondary N) is 1. The average Bonchev–Trinajstić information content (AvgIpc) is 2.28. The van der Waals surface area contributed by atoms with Gasteiger partial charge in [0.15, 0.2) is 0 Å². The van der Waals surface area contributed by atoms with E-state index in [1.807, 2.05) is 0 Å². The molecule has 1 heteroatoms. The Balaban J connectivity index is 2.75. The molecule has 0 bridgehead atoms. The number of hydrogen-bond donors (Lipinski definition) is 1. The maximum absolute atomic E-state index is 3.43. The minimum atomic E-state index is 0.790. The summed E-state index contributed by atoms with van der Waals surface area (Å²) in [6.45, 7) is 4.62. The zero-order valence-electron chi connectivity index (χ0n) is 10.0. The van der Waals surface area contributed by atoms with Gasteiger partial charge in [-0.1, -0.05) is 31.8 Å². The van der Waals surface area contributed by atoms with Crippen LogP contribution in [0.25, 0.3) is 0 Å². The summed E-state index contributed by atoms with van der Waals surface area (Å²) in [5.41, 5.74) is 3.13. The van der Waals surface area contributed by atoms with Gasteiger partial charge >= 0.3 is 0 Å². The van der Waals surface area contributed by atoms with Crippen molar-refractivity contribution in [3.63, 3.8) is 0 Å². The molecule has 0 aromatic carbocycles. The lowest BCUT2D eigenvalue weighted by atomic mass is 9.93. The van der Waals surface area contributed by atoms with E-state index in [1.54, 1.807) is 5.57 Å². The third-order valence-electron chi connectivity index (χ3n) is 3.48. The lowest BCUT2D eigenvalue weighted by Gasteiger charge is -2.20. The van der Waals surface area contributed by atoms with Gasteiger partial charge in [0, 0.05) is 12.7 Å². The Labute approximate surface area is 89.0 Å². The van der Waals surface area contributed by atoms with Gasteiger partial charge in [-0.3, -0.25) is 0 Å². The summed E-state index contributed by atoms with van der Waals surface area (Å²) in [5.74, 6) is 0.790.